The Bertz CT molecular complexity index is 567. The molecule has 1 heterocycles. The number of nitrogens with one attached hydrogen (secondary N) is 1. The SMILES string of the molecule is CC1(C)CC(NS(=O)(=O)Cc2ccc(CN)cc2)CCO1. The summed E-state index contributed by atoms with van der Waals surface area (Å²) in [7, 11) is -3.34. The summed E-state index contributed by atoms with van der Waals surface area (Å²) in [6, 6.07) is 7.30. The third kappa shape index (κ3) is 5.07. The summed E-state index contributed by atoms with van der Waals surface area (Å²) in [5, 5.41) is 0. The van der Waals surface area contributed by atoms with E-state index in [-0.39, 0.29) is 17.4 Å². The molecule has 1 aromatic rings. The second-order valence-corrected chi connectivity index (χ2v) is 7.95. The number of nitrogens with two attached hydrogens (primary N) is 1. The van der Waals surface area contributed by atoms with Crippen molar-refractivity contribution in [2.75, 3.05) is 6.61 Å². The fourth-order valence-corrected chi connectivity index (χ4v) is 4.04. The number of hydrogen-bond acceptors (Lipinski definition) is 4. The van der Waals surface area contributed by atoms with Crippen molar-refractivity contribution in [2.24, 2.45) is 5.73 Å². The summed E-state index contributed by atoms with van der Waals surface area (Å²) in [5.41, 5.74) is 7.03. The topological polar surface area (TPSA) is 81.4 Å². The molecular formula is C15H24N2O3S. The summed E-state index contributed by atoms with van der Waals surface area (Å²) in [6.45, 7) is 5.02. The van der Waals surface area contributed by atoms with Gasteiger partial charge in [-0.2, -0.15) is 0 Å². The first-order valence-corrected chi connectivity index (χ1v) is 8.87. The van der Waals surface area contributed by atoms with Crippen molar-refractivity contribution in [1.82, 2.24) is 4.72 Å². The van der Waals surface area contributed by atoms with E-state index < -0.39 is 10.0 Å². The lowest BCUT2D eigenvalue weighted by Gasteiger charge is -2.35. The van der Waals surface area contributed by atoms with Gasteiger partial charge in [0.1, 0.15) is 0 Å². The molecule has 21 heavy (non-hydrogen) atoms. The van der Waals surface area contributed by atoms with Gasteiger partial charge in [0.05, 0.1) is 11.4 Å². The summed E-state index contributed by atoms with van der Waals surface area (Å²) in [5.74, 6) is -0.00433. The molecule has 1 aliphatic rings. The molecule has 118 valence electrons. The van der Waals surface area contributed by atoms with Crippen LogP contribution in [0.2, 0.25) is 0 Å². The molecule has 0 spiro atoms. The predicted molar refractivity (Wildman–Crippen MR) is 83.1 cm³/mol. The Morgan fingerprint density at radius 1 is 1.29 bits per heavy atom. The highest BCUT2D eigenvalue weighted by Gasteiger charge is 2.31. The molecule has 6 heteroatoms. The van der Waals surface area contributed by atoms with Gasteiger partial charge >= 0.3 is 0 Å². The van der Waals surface area contributed by atoms with Gasteiger partial charge in [-0.1, -0.05) is 24.3 Å². The van der Waals surface area contributed by atoms with E-state index in [0.717, 1.165) is 17.5 Å². The van der Waals surface area contributed by atoms with Crippen LogP contribution >= 0.6 is 0 Å². The summed E-state index contributed by atoms with van der Waals surface area (Å²) in [6.07, 6.45) is 1.41. The van der Waals surface area contributed by atoms with Crippen LogP contribution in [0.4, 0.5) is 0 Å². The predicted octanol–water partition coefficient (Wildman–Crippen LogP) is 1.52. The number of ether oxygens (including phenoxy) is 1. The van der Waals surface area contributed by atoms with Gasteiger partial charge in [-0.15, -0.1) is 0 Å². The largest absolute Gasteiger partial charge is 0.375 e. The minimum absolute atomic E-state index is 0.00433. The van der Waals surface area contributed by atoms with Crippen LogP contribution in [0.5, 0.6) is 0 Å². The Morgan fingerprint density at radius 3 is 2.48 bits per heavy atom. The number of hydrogen-bond donors (Lipinski definition) is 2. The standard InChI is InChI=1S/C15H24N2O3S/c1-15(2)9-14(7-8-20-15)17-21(18,19)11-13-5-3-12(10-16)4-6-13/h3-6,14,17H,7-11,16H2,1-2H3. The monoisotopic (exact) mass is 312 g/mol. The molecular weight excluding hydrogens is 288 g/mol. The molecule has 1 saturated heterocycles. The van der Waals surface area contributed by atoms with E-state index in [9.17, 15) is 8.42 Å². The lowest BCUT2D eigenvalue weighted by molar-refractivity contribution is -0.0599. The van der Waals surface area contributed by atoms with Crippen LogP contribution in [0.25, 0.3) is 0 Å². The molecule has 0 aromatic heterocycles. The van der Waals surface area contributed by atoms with E-state index in [4.69, 9.17) is 10.5 Å². The number of benzene rings is 1. The lowest BCUT2D eigenvalue weighted by atomic mass is 9.95. The van der Waals surface area contributed by atoms with Gasteiger partial charge in [0.25, 0.3) is 0 Å². The second kappa shape index (κ2) is 6.44. The highest BCUT2D eigenvalue weighted by atomic mass is 32.2. The van der Waals surface area contributed by atoms with Gasteiger partial charge in [-0.3, -0.25) is 0 Å². The minimum atomic E-state index is -3.34. The molecule has 1 fully saturated rings. The molecule has 1 aliphatic heterocycles. The number of rotatable bonds is 5. The highest BCUT2D eigenvalue weighted by Crippen LogP contribution is 2.24. The zero-order valence-electron chi connectivity index (χ0n) is 12.6. The lowest BCUT2D eigenvalue weighted by Crippen LogP contribution is -2.46. The zero-order valence-corrected chi connectivity index (χ0v) is 13.4. The first kappa shape index (κ1) is 16.4. The van der Waals surface area contributed by atoms with E-state index in [2.05, 4.69) is 4.72 Å². The summed E-state index contributed by atoms with van der Waals surface area (Å²) >= 11 is 0. The first-order valence-electron chi connectivity index (χ1n) is 7.21. The van der Waals surface area contributed by atoms with Crippen molar-refractivity contribution in [1.29, 1.82) is 0 Å². The molecule has 0 radical (unpaired) electrons. The van der Waals surface area contributed by atoms with Crippen molar-refractivity contribution < 1.29 is 13.2 Å². The van der Waals surface area contributed by atoms with E-state index in [1.807, 2.05) is 38.1 Å². The van der Waals surface area contributed by atoms with E-state index in [1.54, 1.807) is 0 Å². The van der Waals surface area contributed by atoms with E-state index in [1.165, 1.54) is 0 Å². The van der Waals surface area contributed by atoms with Gasteiger partial charge < -0.3 is 10.5 Å². The fourth-order valence-electron chi connectivity index (χ4n) is 2.62. The smallest absolute Gasteiger partial charge is 0.216 e. The Kier molecular flexibility index (Phi) is 5.03. The van der Waals surface area contributed by atoms with Gasteiger partial charge in [0.2, 0.25) is 10.0 Å². The third-order valence-corrected chi connectivity index (χ3v) is 5.06. The van der Waals surface area contributed by atoms with Crippen molar-refractivity contribution >= 4 is 10.0 Å². The van der Waals surface area contributed by atoms with E-state index >= 15 is 0 Å². The fraction of sp³-hybridized carbons (Fsp3) is 0.600. The molecule has 1 unspecified atom stereocenters. The average molecular weight is 312 g/mol. The maximum absolute atomic E-state index is 12.3. The van der Waals surface area contributed by atoms with Gasteiger partial charge in [-0.05, 0) is 37.8 Å². The first-order chi connectivity index (χ1) is 9.80. The maximum atomic E-state index is 12.3. The van der Waals surface area contributed by atoms with Crippen molar-refractivity contribution in [3.05, 3.63) is 35.4 Å². The van der Waals surface area contributed by atoms with E-state index in [0.29, 0.717) is 19.6 Å². The minimum Gasteiger partial charge on any atom is -0.375 e. The Hall–Kier alpha value is -0.950. The van der Waals surface area contributed by atoms with Crippen LogP contribution in [-0.2, 0) is 27.1 Å². The van der Waals surface area contributed by atoms with Crippen LogP contribution in [-0.4, -0.2) is 26.7 Å². The maximum Gasteiger partial charge on any atom is 0.216 e. The van der Waals surface area contributed by atoms with Gasteiger partial charge in [0.15, 0.2) is 0 Å². The Balaban J connectivity index is 1.98. The van der Waals surface area contributed by atoms with Crippen LogP contribution in [0.15, 0.2) is 24.3 Å². The molecule has 0 amide bonds. The quantitative estimate of drug-likeness (QED) is 0.864. The van der Waals surface area contributed by atoms with Gasteiger partial charge in [0, 0.05) is 19.2 Å². The van der Waals surface area contributed by atoms with Crippen molar-refractivity contribution in [3.8, 4) is 0 Å². The Labute approximate surface area is 126 Å². The van der Waals surface area contributed by atoms with Crippen LogP contribution < -0.4 is 10.5 Å². The zero-order chi connectivity index (χ0) is 15.5. The third-order valence-electron chi connectivity index (χ3n) is 3.66. The average Bonchev–Trinajstić information content (AvgIpc) is 2.37. The van der Waals surface area contributed by atoms with Gasteiger partial charge in [-0.25, -0.2) is 13.1 Å². The molecule has 5 nitrogen and oxygen atoms in total. The Morgan fingerprint density at radius 2 is 1.90 bits per heavy atom. The molecule has 0 saturated carbocycles. The molecule has 1 aromatic carbocycles. The summed E-state index contributed by atoms with van der Waals surface area (Å²) in [4.78, 5) is 0. The molecule has 3 N–H and O–H groups in total. The normalized spacial score (nSPS) is 22.1. The highest BCUT2D eigenvalue weighted by molar-refractivity contribution is 7.88. The summed E-state index contributed by atoms with van der Waals surface area (Å²) < 4.78 is 32.9. The van der Waals surface area contributed by atoms with Crippen molar-refractivity contribution in [2.45, 2.75) is 50.6 Å². The molecule has 0 aliphatic carbocycles. The molecule has 0 bridgehead atoms. The second-order valence-electron chi connectivity index (χ2n) is 6.20. The number of sulfonamides is 1. The van der Waals surface area contributed by atoms with Crippen LogP contribution in [0.1, 0.15) is 37.8 Å². The molecule has 1 atom stereocenters. The van der Waals surface area contributed by atoms with Crippen LogP contribution in [0, 0.1) is 0 Å². The molecule has 2 rings (SSSR count). The van der Waals surface area contributed by atoms with Crippen molar-refractivity contribution in [3.63, 3.8) is 0 Å². The van der Waals surface area contributed by atoms with Crippen LogP contribution in [0.3, 0.4) is 0 Å².